The first kappa shape index (κ1) is 20.1. The van der Waals surface area contributed by atoms with Gasteiger partial charge in [0.25, 0.3) is 0 Å². The summed E-state index contributed by atoms with van der Waals surface area (Å²) < 4.78 is 5.17. The summed E-state index contributed by atoms with van der Waals surface area (Å²) >= 11 is 0. The molecule has 8 nitrogen and oxygen atoms in total. The van der Waals surface area contributed by atoms with Crippen LogP contribution in [0.1, 0.15) is 39.0 Å². The minimum Gasteiger partial charge on any atom is -0.392 e. The molecule has 152 valence electrons. The second-order valence-electron chi connectivity index (χ2n) is 7.87. The number of carbonyl (C=O) groups excluding carboxylic acids is 3. The fraction of sp³-hybridized carbons (Fsp3) is 0.842. The van der Waals surface area contributed by atoms with Crippen LogP contribution in [0.2, 0.25) is 0 Å². The molecule has 2 N–H and O–H groups in total. The van der Waals surface area contributed by atoms with Gasteiger partial charge in [0.05, 0.1) is 11.5 Å². The van der Waals surface area contributed by atoms with Crippen molar-refractivity contribution in [2.75, 3.05) is 45.9 Å². The maximum Gasteiger partial charge on any atom is 0.248 e. The summed E-state index contributed by atoms with van der Waals surface area (Å²) in [4.78, 5) is 41.1. The van der Waals surface area contributed by atoms with Crippen molar-refractivity contribution in [3.8, 4) is 0 Å². The summed E-state index contributed by atoms with van der Waals surface area (Å²) in [6, 6.07) is 0. The normalized spacial score (nSPS) is 29.7. The van der Waals surface area contributed by atoms with Crippen LogP contribution < -0.4 is 5.32 Å². The molecule has 0 aromatic rings. The summed E-state index contributed by atoms with van der Waals surface area (Å²) in [5.41, 5.74) is -0.861. The highest BCUT2D eigenvalue weighted by Crippen LogP contribution is 2.38. The lowest BCUT2D eigenvalue weighted by Crippen LogP contribution is -2.62. The van der Waals surface area contributed by atoms with Gasteiger partial charge >= 0.3 is 0 Å². The van der Waals surface area contributed by atoms with E-state index >= 15 is 0 Å². The number of hydrogen-bond acceptors (Lipinski definition) is 5. The molecule has 27 heavy (non-hydrogen) atoms. The zero-order valence-electron chi connectivity index (χ0n) is 16.1. The Kier molecular flexibility index (Phi) is 6.37. The predicted molar refractivity (Wildman–Crippen MR) is 97.7 cm³/mol. The molecule has 3 saturated heterocycles. The van der Waals surface area contributed by atoms with Gasteiger partial charge in [-0.3, -0.25) is 14.4 Å². The number of nitrogens with zero attached hydrogens (tertiary/aromatic N) is 2. The zero-order chi connectivity index (χ0) is 19.4. The van der Waals surface area contributed by atoms with Gasteiger partial charge in [0.15, 0.2) is 0 Å². The molecule has 3 amide bonds. The van der Waals surface area contributed by atoms with Crippen LogP contribution in [0.5, 0.6) is 0 Å². The van der Waals surface area contributed by atoms with Gasteiger partial charge < -0.3 is 25.0 Å². The maximum absolute atomic E-state index is 13.0. The van der Waals surface area contributed by atoms with E-state index in [1.807, 2.05) is 6.92 Å². The largest absolute Gasteiger partial charge is 0.392 e. The molecule has 2 atom stereocenters. The molecule has 0 saturated carbocycles. The topological polar surface area (TPSA) is 99.2 Å². The number of piperidine rings is 3. The SMILES string of the molecule is CCOCC(=O)N1CCC(C(=O)N2CC[C@H](O)[C@@]3(CCCNC3=O)C2)CC1. The third-order valence-electron chi connectivity index (χ3n) is 6.26. The van der Waals surface area contributed by atoms with Gasteiger partial charge in [-0.25, -0.2) is 0 Å². The second kappa shape index (κ2) is 8.56. The van der Waals surface area contributed by atoms with E-state index in [-0.39, 0.29) is 30.2 Å². The molecule has 3 fully saturated rings. The summed E-state index contributed by atoms with van der Waals surface area (Å²) in [6.45, 7) is 4.99. The average Bonchev–Trinajstić information content (AvgIpc) is 2.70. The Labute approximate surface area is 160 Å². The van der Waals surface area contributed by atoms with E-state index in [1.54, 1.807) is 9.80 Å². The quantitative estimate of drug-likeness (QED) is 0.700. The fourth-order valence-corrected chi connectivity index (χ4v) is 4.55. The van der Waals surface area contributed by atoms with Crippen LogP contribution in [-0.2, 0) is 19.1 Å². The molecule has 3 heterocycles. The molecule has 3 aliphatic rings. The number of carbonyl (C=O) groups is 3. The van der Waals surface area contributed by atoms with E-state index in [4.69, 9.17) is 4.74 Å². The lowest BCUT2D eigenvalue weighted by Gasteiger charge is -2.47. The van der Waals surface area contributed by atoms with Crippen molar-refractivity contribution in [2.24, 2.45) is 11.3 Å². The lowest BCUT2D eigenvalue weighted by atomic mass is 9.71. The van der Waals surface area contributed by atoms with E-state index in [0.717, 1.165) is 6.42 Å². The number of likely N-dealkylation sites (tertiary alicyclic amines) is 2. The van der Waals surface area contributed by atoms with Gasteiger partial charge in [-0.05, 0) is 39.0 Å². The number of aliphatic hydroxyl groups excluding tert-OH is 1. The van der Waals surface area contributed by atoms with Crippen molar-refractivity contribution in [2.45, 2.75) is 45.1 Å². The number of aliphatic hydroxyl groups is 1. The van der Waals surface area contributed by atoms with Crippen LogP contribution >= 0.6 is 0 Å². The highest BCUT2D eigenvalue weighted by Gasteiger charge is 2.51. The molecule has 0 aromatic heterocycles. The van der Waals surface area contributed by atoms with Crippen LogP contribution in [0.15, 0.2) is 0 Å². The van der Waals surface area contributed by atoms with E-state index in [1.165, 1.54) is 0 Å². The van der Waals surface area contributed by atoms with Gasteiger partial charge in [-0.1, -0.05) is 0 Å². The van der Waals surface area contributed by atoms with E-state index in [2.05, 4.69) is 5.32 Å². The van der Waals surface area contributed by atoms with Crippen molar-refractivity contribution < 1.29 is 24.2 Å². The average molecular weight is 381 g/mol. The Hall–Kier alpha value is -1.67. The van der Waals surface area contributed by atoms with Crippen LogP contribution in [0.4, 0.5) is 0 Å². The third kappa shape index (κ3) is 4.11. The van der Waals surface area contributed by atoms with Crippen molar-refractivity contribution in [3.05, 3.63) is 0 Å². The molecule has 8 heteroatoms. The number of rotatable bonds is 4. The van der Waals surface area contributed by atoms with Gasteiger partial charge in [0.2, 0.25) is 17.7 Å². The summed E-state index contributed by atoms with van der Waals surface area (Å²) in [5, 5.41) is 13.3. The van der Waals surface area contributed by atoms with E-state index in [0.29, 0.717) is 65.0 Å². The minimum absolute atomic E-state index is 0.0262. The Bertz CT molecular complexity index is 576. The second-order valence-corrected chi connectivity index (χ2v) is 7.87. The number of nitrogens with one attached hydrogen (secondary N) is 1. The Morgan fingerprint density at radius 1 is 1.22 bits per heavy atom. The summed E-state index contributed by atoms with van der Waals surface area (Å²) in [6.07, 6.45) is 2.45. The van der Waals surface area contributed by atoms with Gasteiger partial charge in [0, 0.05) is 45.2 Å². The zero-order valence-corrected chi connectivity index (χ0v) is 16.1. The van der Waals surface area contributed by atoms with Crippen molar-refractivity contribution in [1.29, 1.82) is 0 Å². The van der Waals surface area contributed by atoms with Crippen LogP contribution in [-0.4, -0.2) is 84.7 Å². The first-order valence-corrected chi connectivity index (χ1v) is 10.1. The molecule has 0 aromatic carbocycles. The predicted octanol–water partition coefficient (Wildman–Crippen LogP) is -0.249. The Morgan fingerprint density at radius 3 is 2.59 bits per heavy atom. The summed E-state index contributed by atoms with van der Waals surface area (Å²) in [7, 11) is 0. The van der Waals surface area contributed by atoms with Gasteiger partial charge in [0.1, 0.15) is 6.61 Å². The maximum atomic E-state index is 13.0. The molecule has 0 aliphatic carbocycles. The van der Waals surface area contributed by atoms with Gasteiger partial charge in [-0.2, -0.15) is 0 Å². The molecule has 1 spiro atoms. The van der Waals surface area contributed by atoms with Gasteiger partial charge in [-0.15, -0.1) is 0 Å². The minimum atomic E-state index is -0.861. The van der Waals surface area contributed by atoms with Crippen LogP contribution in [0.25, 0.3) is 0 Å². The van der Waals surface area contributed by atoms with Crippen molar-refractivity contribution in [3.63, 3.8) is 0 Å². The van der Waals surface area contributed by atoms with Crippen molar-refractivity contribution >= 4 is 17.7 Å². The standard InChI is InChI=1S/C19H31N3O5/c1-2-27-12-16(24)21-9-4-14(5-10-21)17(25)22-11-6-15(23)19(13-22)7-3-8-20-18(19)26/h14-15,23H,2-13H2,1H3,(H,20,26)/t15-,19+/m0/s1. The van der Waals surface area contributed by atoms with Crippen LogP contribution in [0.3, 0.4) is 0 Å². The molecule has 0 radical (unpaired) electrons. The lowest BCUT2D eigenvalue weighted by molar-refractivity contribution is -0.158. The number of ether oxygens (including phenoxy) is 1. The fourth-order valence-electron chi connectivity index (χ4n) is 4.55. The monoisotopic (exact) mass is 381 g/mol. The molecule has 3 aliphatic heterocycles. The highest BCUT2D eigenvalue weighted by atomic mass is 16.5. The highest BCUT2D eigenvalue weighted by molar-refractivity contribution is 5.86. The molecule has 3 rings (SSSR count). The number of hydrogen-bond donors (Lipinski definition) is 2. The molecule has 0 unspecified atom stereocenters. The van der Waals surface area contributed by atoms with Crippen LogP contribution in [0, 0.1) is 11.3 Å². The molecular weight excluding hydrogens is 350 g/mol. The molecular formula is C19H31N3O5. The van der Waals surface area contributed by atoms with E-state index < -0.39 is 11.5 Å². The molecule has 0 bridgehead atoms. The van der Waals surface area contributed by atoms with Crippen molar-refractivity contribution in [1.82, 2.24) is 15.1 Å². The first-order valence-electron chi connectivity index (χ1n) is 10.1. The Morgan fingerprint density at radius 2 is 1.93 bits per heavy atom. The first-order chi connectivity index (χ1) is 13.0. The third-order valence-corrected chi connectivity index (χ3v) is 6.26. The van der Waals surface area contributed by atoms with E-state index in [9.17, 15) is 19.5 Å². The smallest absolute Gasteiger partial charge is 0.248 e. The Balaban J connectivity index is 1.57. The number of amides is 3. The summed E-state index contributed by atoms with van der Waals surface area (Å²) in [5.74, 6) is -0.228.